The number of ether oxygens (including phenoxy) is 1. The molecular formula is C10H20FN3O4. The molecule has 0 fully saturated rings. The number of hydrogen-bond acceptors (Lipinski definition) is 5. The monoisotopic (exact) mass is 265 g/mol. The number of rotatable bonds is 10. The minimum atomic E-state index is -1.80. The van der Waals surface area contributed by atoms with Crippen molar-refractivity contribution in [2.45, 2.75) is 50.8 Å². The van der Waals surface area contributed by atoms with Gasteiger partial charge in [-0.1, -0.05) is 18.5 Å². The van der Waals surface area contributed by atoms with Gasteiger partial charge < -0.3 is 20.1 Å². The van der Waals surface area contributed by atoms with E-state index in [1.165, 1.54) is 0 Å². The van der Waals surface area contributed by atoms with E-state index in [2.05, 4.69) is 10.0 Å². The molecule has 0 saturated carbocycles. The molecule has 0 aliphatic heterocycles. The first-order valence-corrected chi connectivity index (χ1v) is 5.85. The van der Waals surface area contributed by atoms with E-state index in [-0.39, 0.29) is 13.0 Å². The zero-order chi connectivity index (χ0) is 14.0. The van der Waals surface area contributed by atoms with Crippen molar-refractivity contribution >= 4 is 0 Å². The number of unbranched alkanes of at least 4 members (excludes halogenated alkanes) is 1. The second kappa shape index (κ2) is 10.0. The van der Waals surface area contributed by atoms with Gasteiger partial charge in [0.2, 0.25) is 0 Å². The van der Waals surface area contributed by atoms with E-state index in [1.54, 1.807) is 0 Å². The minimum absolute atomic E-state index is 0.221. The predicted molar refractivity (Wildman–Crippen MR) is 62.4 cm³/mol. The number of alkyl halides is 1. The van der Waals surface area contributed by atoms with Crippen LogP contribution in [0.5, 0.6) is 0 Å². The molecule has 0 aliphatic rings. The van der Waals surface area contributed by atoms with Crippen molar-refractivity contribution in [3.63, 3.8) is 0 Å². The van der Waals surface area contributed by atoms with Gasteiger partial charge in [0.1, 0.15) is 12.2 Å². The molecule has 0 bridgehead atoms. The summed E-state index contributed by atoms with van der Waals surface area (Å²) in [5.41, 5.74) is 8.33. The van der Waals surface area contributed by atoms with Gasteiger partial charge in [0, 0.05) is 24.5 Å². The van der Waals surface area contributed by atoms with Crippen molar-refractivity contribution < 1.29 is 24.4 Å². The summed E-state index contributed by atoms with van der Waals surface area (Å²) in [5, 5.41) is 30.9. The first kappa shape index (κ1) is 17.1. The second-order valence-corrected chi connectivity index (χ2v) is 3.83. The fraction of sp³-hybridized carbons (Fsp3) is 1.00. The Morgan fingerprint density at radius 3 is 2.61 bits per heavy atom. The topological polar surface area (TPSA) is 119 Å². The maximum Gasteiger partial charge on any atom is 0.165 e. The highest BCUT2D eigenvalue weighted by Crippen LogP contribution is 2.15. The number of aliphatic hydroxyl groups excluding tert-OH is 3. The Labute approximate surface area is 105 Å². The Balaban J connectivity index is 4.47. The molecule has 0 aromatic heterocycles. The fourth-order valence-corrected chi connectivity index (χ4v) is 1.31. The van der Waals surface area contributed by atoms with Gasteiger partial charge in [-0.05, 0) is 12.0 Å². The van der Waals surface area contributed by atoms with E-state index in [1.807, 2.05) is 6.92 Å². The number of hydrogen-bond donors (Lipinski definition) is 3. The van der Waals surface area contributed by atoms with Crippen LogP contribution in [0.4, 0.5) is 4.39 Å². The van der Waals surface area contributed by atoms with Gasteiger partial charge in [-0.15, -0.1) is 0 Å². The lowest BCUT2D eigenvalue weighted by Gasteiger charge is -2.25. The van der Waals surface area contributed by atoms with Crippen LogP contribution in [0, 0.1) is 0 Å². The summed E-state index contributed by atoms with van der Waals surface area (Å²) in [6, 6.07) is -1.44. The molecule has 8 heteroatoms. The molecule has 0 aliphatic carbocycles. The van der Waals surface area contributed by atoms with Crippen LogP contribution in [0.2, 0.25) is 0 Å². The minimum Gasteiger partial charge on any atom is -0.396 e. The Bertz CT molecular complexity index is 264. The highest BCUT2D eigenvalue weighted by molar-refractivity contribution is 4.84. The lowest BCUT2D eigenvalue weighted by molar-refractivity contribution is -0.140. The fourth-order valence-electron chi connectivity index (χ4n) is 1.31. The smallest absolute Gasteiger partial charge is 0.165 e. The molecule has 0 amide bonds. The van der Waals surface area contributed by atoms with Crippen molar-refractivity contribution in [1.29, 1.82) is 0 Å². The molecule has 0 radical (unpaired) electrons. The van der Waals surface area contributed by atoms with Crippen molar-refractivity contribution in [2.24, 2.45) is 5.11 Å². The zero-order valence-corrected chi connectivity index (χ0v) is 10.3. The number of azide groups is 1. The van der Waals surface area contributed by atoms with Gasteiger partial charge in [0.05, 0.1) is 6.10 Å². The van der Waals surface area contributed by atoms with Crippen LogP contribution < -0.4 is 0 Å². The van der Waals surface area contributed by atoms with Crippen LogP contribution in [0.15, 0.2) is 5.11 Å². The normalized spacial score (nSPS) is 17.6. The third-order valence-electron chi connectivity index (χ3n) is 2.39. The summed E-state index contributed by atoms with van der Waals surface area (Å²) in [6.45, 7) is 1.70. The zero-order valence-electron chi connectivity index (χ0n) is 10.3. The van der Waals surface area contributed by atoms with Crippen molar-refractivity contribution in [2.75, 3.05) is 13.2 Å². The molecular weight excluding hydrogens is 245 g/mol. The third kappa shape index (κ3) is 6.13. The molecule has 7 nitrogen and oxygen atoms in total. The Morgan fingerprint density at radius 2 is 2.11 bits per heavy atom. The maximum absolute atomic E-state index is 13.4. The molecule has 0 aromatic rings. The van der Waals surface area contributed by atoms with E-state index in [0.29, 0.717) is 6.42 Å². The highest BCUT2D eigenvalue weighted by Gasteiger charge is 2.32. The average molecular weight is 265 g/mol. The Hall–Kier alpha value is -0.920. The first-order valence-electron chi connectivity index (χ1n) is 5.85. The summed E-state index contributed by atoms with van der Waals surface area (Å²) >= 11 is 0. The maximum atomic E-state index is 13.4. The molecule has 0 spiro atoms. The van der Waals surface area contributed by atoms with Gasteiger partial charge in [-0.3, -0.25) is 0 Å². The van der Waals surface area contributed by atoms with Gasteiger partial charge in [0.25, 0.3) is 0 Å². The molecule has 1 unspecified atom stereocenters. The van der Waals surface area contributed by atoms with E-state index >= 15 is 0 Å². The summed E-state index contributed by atoms with van der Waals surface area (Å²) in [7, 11) is 0. The van der Waals surface area contributed by atoms with E-state index in [9.17, 15) is 14.6 Å². The summed E-state index contributed by atoms with van der Waals surface area (Å²) in [6.07, 6.45) is -3.86. The van der Waals surface area contributed by atoms with Crippen LogP contribution in [0.1, 0.15) is 26.2 Å². The van der Waals surface area contributed by atoms with E-state index in [0.717, 1.165) is 6.42 Å². The van der Waals surface area contributed by atoms with Crippen molar-refractivity contribution in [3.8, 4) is 0 Å². The molecule has 0 saturated heterocycles. The number of nitrogens with zero attached hydrogens (tertiary/aromatic N) is 3. The van der Waals surface area contributed by atoms with Gasteiger partial charge in [-0.2, -0.15) is 0 Å². The van der Waals surface area contributed by atoms with Crippen LogP contribution in [0.25, 0.3) is 10.4 Å². The van der Waals surface area contributed by atoms with Crippen LogP contribution in [-0.4, -0.2) is 53.1 Å². The van der Waals surface area contributed by atoms with Crippen molar-refractivity contribution in [1.82, 2.24) is 0 Å². The SMILES string of the molecule is CCCCO[C@H](O)[C@H](N=[N+]=[N-])C(O)[C@H](F)CCO. The Morgan fingerprint density at radius 1 is 1.44 bits per heavy atom. The molecule has 18 heavy (non-hydrogen) atoms. The lowest BCUT2D eigenvalue weighted by atomic mass is 10.0. The molecule has 0 aromatic carbocycles. The first-order chi connectivity index (χ1) is 8.58. The molecule has 3 N–H and O–H groups in total. The molecule has 106 valence electrons. The van der Waals surface area contributed by atoms with Crippen molar-refractivity contribution in [3.05, 3.63) is 10.4 Å². The largest absolute Gasteiger partial charge is 0.396 e. The Kier molecular flexibility index (Phi) is 9.53. The third-order valence-corrected chi connectivity index (χ3v) is 2.39. The summed E-state index contributed by atoms with van der Waals surface area (Å²) in [4.78, 5) is 2.44. The highest BCUT2D eigenvalue weighted by atomic mass is 19.1. The quantitative estimate of drug-likeness (QED) is 0.178. The standard InChI is InChI=1S/C10H20FN3O4/c1-2-3-6-18-10(17)8(13-14-12)9(16)7(11)4-5-15/h7-10,15-17H,2-6H2,1H3/t7-,8-,9?,10+/m1/s1. The number of aliphatic hydroxyl groups is 3. The van der Waals surface area contributed by atoms with E-state index < -0.39 is 31.2 Å². The van der Waals surface area contributed by atoms with Crippen LogP contribution >= 0.6 is 0 Å². The summed E-state index contributed by atoms with van der Waals surface area (Å²) in [5.74, 6) is 0. The molecule has 0 rings (SSSR count). The molecule has 4 atom stereocenters. The second-order valence-electron chi connectivity index (χ2n) is 3.83. The average Bonchev–Trinajstić information content (AvgIpc) is 2.35. The van der Waals surface area contributed by atoms with E-state index in [4.69, 9.17) is 15.4 Å². The number of halogens is 1. The van der Waals surface area contributed by atoms with Crippen LogP contribution in [-0.2, 0) is 4.74 Å². The van der Waals surface area contributed by atoms with Gasteiger partial charge in [-0.25, -0.2) is 4.39 Å². The lowest BCUT2D eigenvalue weighted by Crippen LogP contribution is -2.43. The molecule has 0 heterocycles. The van der Waals surface area contributed by atoms with Gasteiger partial charge >= 0.3 is 0 Å². The summed E-state index contributed by atoms with van der Waals surface area (Å²) < 4.78 is 18.3. The predicted octanol–water partition coefficient (Wildman–Crippen LogP) is 0.882. The van der Waals surface area contributed by atoms with Crippen LogP contribution in [0.3, 0.4) is 0 Å². The van der Waals surface area contributed by atoms with Gasteiger partial charge in [0.15, 0.2) is 6.29 Å².